The van der Waals surface area contributed by atoms with E-state index in [0.717, 1.165) is 12.8 Å². The summed E-state index contributed by atoms with van der Waals surface area (Å²) in [6, 6.07) is 6.84. The van der Waals surface area contributed by atoms with E-state index in [1.54, 1.807) is 35.3 Å². The lowest BCUT2D eigenvalue weighted by Crippen LogP contribution is -2.50. The van der Waals surface area contributed by atoms with Gasteiger partial charge in [-0.2, -0.15) is 0 Å². The van der Waals surface area contributed by atoms with E-state index in [2.05, 4.69) is 21.8 Å². The Morgan fingerprint density at radius 2 is 2.14 bits per heavy atom. The highest BCUT2D eigenvalue weighted by Crippen LogP contribution is 2.29. The van der Waals surface area contributed by atoms with E-state index in [4.69, 9.17) is 4.74 Å². The Balaban J connectivity index is 1.58. The van der Waals surface area contributed by atoms with E-state index in [-0.39, 0.29) is 42.7 Å². The molecule has 2 aliphatic rings. The maximum atomic E-state index is 13.5. The number of hydrogen-bond donors (Lipinski definition) is 1. The lowest BCUT2D eigenvalue weighted by molar-refractivity contribution is -0.130. The largest absolute Gasteiger partial charge is 0.472 e. The standard InChI is InChI=1S/C27H32N4O4/c1-18-15-31(19(2)17-32)27(34)23-12-21(10-9-20-7-8-20)14-29-26(23)35-24(18)16-30(3)25(33)13-22-6-4-5-11-28-22/h4-6,11-12,14,18-20,24,32H,7-8,13,15-17H2,1-3H3/t18-,19+,24-/m0/s1. The molecule has 4 rings (SSSR count). The van der Waals surface area contributed by atoms with Gasteiger partial charge in [-0.1, -0.05) is 24.8 Å². The summed E-state index contributed by atoms with van der Waals surface area (Å²) < 4.78 is 6.27. The number of likely N-dealkylation sites (N-methyl/N-ethyl adjacent to an activating group) is 1. The fourth-order valence-electron chi connectivity index (χ4n) is 3.97. The number of rotatable bonds is 6. The van der Waals surface area contributed by atoms with Gasteiger partial charge in [0.1, 0.15) is 11.7 Å². The number of fused-ring (bicyclic) bond motifs is 1. The van der Waals surface area contributed by atoms with Gasteiger partial charge < -0.3 is 19.6 Å². The SMILES string of the molecule is C[C@H](CO)N1C[C@H](C)[C@H](CN(C)C(=O)Cc2ccccn2)Oc2ncc(C#CC3CC3)cc2C1=O. The Kier molecular flexibility index (Phi) is 7.67. The van der Waals surface area contributed by atoms with E-state index < -0.39 is 6.10 Å². The summed E-state index contributed by atoms with van der Waals surface area (Å²) in [4.78, 5) is 38.3. The molecule has 1 saturated carbocycles. The molecular formula is C27H32N4O4. The van der Waals surface area contributed by atoms with Gasteiger partial charge in [0.25, 0.3) is 5.91 Å². The first-order valence-electron chi connectivity index (χ1n) is 12.1. The second kappa shape index (κ2) is 10.9. The van der Waals surface area contributed by atoms with E-state index in [9.17, 15) is 14.7 Å². The van der Waals surface area contributed by atoms with Crippen molar-refractivity contribution >= 4 is 11.8 Å². The fraction of sp³-hybridized carbons (Fsp3) is 0.481. The highest BCUT2D eigenvalue weighted by Gasteiger charge is 2.34. The molecule has 3 atom stereocenters. The summed E-state index contributed by atoms with van der Waals surface area (Å²) in [5.41, 5.74) is 1.70. The van der Waals surface area contributed by atoms with Gasteiger partial charge in [-0.05, 0) is 38.0 Å². The molecule has 184 valence electrons. The van der Waals surface area contributed by atoms with Gasteiger partial charge >= 0.3 is 0 Å². The third-order valence-electron chi connectivity index (χ3n) is 6.46. The molecule has 0 bridgehead atoms. The maximum absolute atomic E-state index is 13.5. The third-order valence-corrected chi connectivity index (χ3v) is 6.46. The van der Waals surface area contributed by atoms with Gasteiger partial charge in [0.05, 0.1) is 25.6 Å². The molecule has 0 radical (unpaired) electrons. The fourth-order valence-corrected chi connectivity index (χ4v) is 3.97. The zero-order chi connectivity index (χ0) is 24.9. The average Bonchev–Trinajstić information content (AvgIpc) is 3.69. The predicted molar refractivity (Wildman–Crippen MR) is 131 cm³/mol. The topological polar surface area (TPSA) is 95.9 Å². The molecule has 1 aliphatic carbocycles. The zero-order valence-electron chi connectivity index (χ0n) is 20.5. The molecule has 0 saturated heterocycles. The molecule has 1 N–H and O–H groups in total. The molecule has 2 aromatic rings. The van der Waals surface area contributed by atoms with Crippen LogP contribution in [0.2, 0.25) is 0 Å². The number of nitrogens with zero attached hydrogens (tertiary/aromatic N) is 4. The van der Waals surface area contributed by atoms with Crippen molar-refractivity contribution in [3.8, 4) is 17.7 Å². The molecule has 1 aliphatic heterocycles. The van der Waals surface area contributed by atoms with Crippen molar-refractivity contribution in [2.45, 2.75) is 45.3 Å². The number of aliphatic hydroxyl groups excluding tert-OH is 1. The molecule has 0 unspecified atom stereocenters. The first-order valence-corrected chi connectivity index (χ1v) is 12.1. The molecular weight excluding hydrogens is 444 g/mol. The van der Waals surface area contributed by atoms with Crippen molar-refractivity contribution in [1.82, 2.24) is 19.8 Å². The van der Waals surface area contributed by atoms with Gasteiger partial charge in [0.2, 0.25) is 11.8 Å². The second-order valence-electron chi connectivity index (χ2n) is 9.52. The van der Waals surface area contributed by atoms with Gasteiger partial charge in [-0.15, -0.1) is 0 Å². The number of aromatic nitrogens is 2. The molecule has 8 nitrogen and oxygen atoms in total. The van der Waals surface area contributed by atoms with Crippen LogP contribution in [0.4, 0.5) is 0 Å². The Morgan fingerprint density at radius 1 is 1.34 bits per heavy atom. The van der Waals surface area contributed by atoms with Crippen LogP contribution in [-0.4, -0.2) is 75.6 Å². The van der Waals surface area contributed by atoms with E-state index in [0.29, 0.717) is 35.8 Å². The van der Waals surface area contributed by atoms with E-state index >= 15 is 0 Å². The minimum atomic E-state index is -0.399. The Hall–Kier alpha value is -3.44. The number of hydrogen-bond acceptors (Lipinski definition) is 6. The third kappa shape index (κ3) is 6.17. The van der Waals surface area contributed by atoms with Gasteiger partial charge in [0, 0.05) is 49.1 Å². The molecule has 35 heavy (non-hydrogen) atoms. The Morgan fingerprint density at radius 3 is 2.83 bits per heavy atom. The Labute approximate surface area is 206 Å². The number of amides is 2. The van der Waals surface area contributed by atoms with Crippen LogP contribution in [0.3, 0.4) is 0 Å². The molecule has 0 spiro atoms. The minimum Gasteiger partial charge on any atom is -0.472 e. The number of carbonyl (C=O) groups is 2. The van der Waals surface area contributed by atoms with Gasteiger partial charge in [0.15, 0.2) is 0 Å². The summed E-state index contributed by atoms with van der Waals surface area (Å²) in [6.45, 7) is 4.34. The average molecular weight is 477 g/mol. The molecule has 8 heteroatoms. The number of pyridine rings is 2. The van der Waals surface area contributed by atoms with Crippen LogP contribution in [0.1, 0.15) is 48.3 Å². The van der Waals surface area contributed by atoms with Crippen molar-refractivity contribution in [3.05, 3.63) is 53.5 Å². The summed E-state index contributed by atoms with van der Waals surface area (Å²) in [7, 11) is 1.74. The van der Waals surface area contributed by atoms with Crippen molar-refractivity contribution < 1.29 is 19.4 Å². The molecule has 1 fully saturated rings. The lowest BCUT2D eigenvalue weighted by Gasteiger charge is -2.37. The highest BCUT2D eigenvalue weighted by atomic mass is 16.5. The molecule has 2 amide bonds. The summed E-state index contributed by atoms with van der Waals surface area (Å²) in [5.74, 6) is 6.54. The van der Waals surface area contributed by atoms with Crippen LogP contribution in [-0.2, 0) is 11.2 Å². The molecule has 0 aromatic carbocycles. The van der Waals surface area contributed by atoms with Gasteiger partial charge in [-0.3, -0.25) is 14.6 Å². The summed E-state index contributed by atoms with van der Waals surface area (Å²) in [5, 5.41) is 9.81. The highest BCUT2D eigenvalue weighted by molar-refractivity contribution is 5.97. The summed E-state index contributed by atoms with van der Waals surface area (Å²) >= 11 is 0. The lowest BCUT2D eigenvalue weighted by atomic mass is 9.99. The van der Waals surface area contributed by atoms with Crippen molar-refractivity contribution in [2.75, 3.05) is 26.7 Å². The first kappa shape index (κ1) is 24.7. The monoisotopic (exact) mass is 476 g/mol. The summed E-state index contributed by atoms with van der Waals surface area (Å²) in [6.07, 6.45) is 5.32. The van der Waals surface area contributed by atoms with E-state index in [1.807, 2.05) is 32.0 Å². The van der Waals surface area contributed by atoms with Crippen LogP contribution < -0.4 is 4.74 Å². The van der Waals surface area contributed by atoms with E-state index in [1.165, 1.54) is 0 Å². The number of ether oxygens (including phenoxy) is 1. The smallest absolute Gasteiger partial charge is 0.259 e. The van der Waals surface area contributed by atoms with Crippen LogP contribution in [0.5, 0.6) is 5.88 Å². The Bertz CT molecular complexity index is 1120. The van der Waals surface area contributed by atoms with Crippen molar-refractivity contribution in [2.24, 2.45) is 11.8 Å². The quantitative estimate of drug-likeness (QED) is 0.642. The van der Waals surface area contributed by atoms with Crippen molar-refractivity contribution in [1.29, 1.82) is 0 Å². The number of aliphatic hydroxyl groups is 1. The normalized spacial score (nSPS) is 20.5. The predicted octanol–water partition coefficient (Wildman–Crippen LogP) is 2.16. The zero-order valence-corrected chi connectivity index (χ0v) is 20.5. The second-order valence-corrected chi connectivity index (χ2v) is 9.52. The molecule has 2 aromatic heterocycles. The number of carbonyl (C=O) groups excluding carboxylic acids is 2. The van der Waals surface area contributed by atoms with Crippen molar-refractivity contribution in [3.63, 3.8) is 0 Å². The van der Waals surface area contributed by atoms with Crippen LogP contribution in [0.15, 0.2) is 36.7 Å². The minimum absolute atomic E-state index is 0.0721. The first-order chi connectivity index (χ1) is 16.9. The van der Waals surface area contributed by atoms with Crippen LogP contribution >= 0.6 is 0 Å². The van der Waals surface area contributed by atoms with Crippen LogP contribution in [0, 0.1) is 23.7 Å². The molecule has 3 heterocycles. The van der Waals surface area contributed by atoms with Crippen LogP contribution in [0.25, 0.3) is 0 Å². The van der Waals surface area contributed by atoms with Gasteiger partial charge in [-0.25, -0.2) is 4.98 Å². The maximum Gasteiger partial charge on any atom is 0.259 e.